The molecule has 86 valence electrons. The van der Waals surface area contributed by atoms with Gasteiger partial charge in [-0.05, 0) is 23.8 Å². The van der Waals surface area contributed by atoms with Gasteiger partial charge in [0.15, 0.2) is 0 Å². The molecule has 0 aliphatic rings. The van der Waals surface area contributed by atoms with Crippen LogP contribution in [0.15, 0.2) is 42.6 Å². The number of hydrogen-bond acceptors (Lipinski definition) is 2. The number of terminal acetylenes is 1. The molecule has 0 atom stereocenters. The van der Waals surface area contributed by atoms with Crippen molar-refractivity contribution >= 4 is 0 Å². The van der Waals surface area contributed by atoms with Gasteiger partial charge in [0.2, 0.25) is 0 Å². The van der Waals surface area contributed by atoms with E-state index in [1.165, 1.54) is 12.1 Å². The Hall–Kier alpha value is -2.18. The van der Waals surface area contributed by atoms with Gasteiger partial charge in [0, 0.05) is 11.8 Å². The maximum atomic E-state index is 12.9. The third-order valence-corrected chi connectivity index (χ3v) is 2.14. The zero-order valence-corrected chi connectivity index (χ0v) is 9.18. The standard InChI is InChI=1S/C12H10FNO.C2H2/c13-11-3-1-2-9(6-11)10-4-5-12(8-15)14-7-10;1-2/h1-7,15H,8H2;1-2H. The third kappa shape index (κ3) is 3.40. The molecule has 0 saturated heterocycles. The van der Waals surface area contributed by atoms with Gasteiger partial charge in [-0.3, -0.25) is 4.98 Å². The molecule has 2 aromatic rings. The first-order valence-corrected chi connectivity index (χ1v) is 4.94. The third-order valence-electron chi connectivity index (χ3n) is 2.14. The van der Waals surface area contributed by atoms with Crippen molar-refractivity contribution in [1.29, 1.82) is 0 Å². The molecule has 0 aliphatic carbocycles. The van der Waals surface area contributed by atoms with Crippen molar-refractivity contribution in [3.63, 3.8) is 0 Å². The summed E-state index contributed by atoms with van der Waals surface area (Å²) in [4.78, 5) is 4.03. The Balaban J connectivity index is 0.000000686. The number of nitrogens with zero attached hydrogens (tertiary/aromatic N) is 1. The highest BCUT2D eigenvalue weighted by Gasteiger charge is 1.99. The van der Waals surface area contributed by atoms with Gasteiger partial charge in [-0.15, -0.1) is 12.8 Å². The van der Waals surface area contributed by atoms with Crippen LogP contribution in [-0.4, -0.2) is 10.1 Å². The molecule has 0 unspecified atom stereocenters. The second kappa shape index (κ2) is 6.41. The number of pyridine rings is 1. The van der Waals surface area contributed by atoms with Gasteiger partial charge in [-0.2, -0.15) is 0 Å². The van der Waals surface area contributed by atoms with Crippen LogP contribution in [0.1, 0.15) is 5.69 Å². The lowest BCUT2D eigenvalue weighted by Crippen LogP contribution is -1.88. The lowest BCUT2D eigenvalue weighted by atomic mass is 10.1. The Morgan fingerprint density at radius 1 is 1.12 bits per heavy atom. The summed E-state index contributed by atoms with van der Waals surface area (Å²) in [6, 6.07) is 9.87. The minimum absolute atomic E-state index is 0.0799. The van der Waals surface area contributed by atoms with Crippen LogP contribution >= 0.6 is 0 Å². The van der Waals surface area contributed by atoms with E-state index in [2.05, 4.69) is 17.8 Å². The SMILES string of the molecule is C#C.OCc1ccc(-c2cccc(F)c2)cn1. The Labute approximate surface area is 99.8 Å². The minimum atomic E-state index is -0.265. The van der Waals surface area contributed by atoms with E-state index >= 15 is 0 Å². The Morgan fingerprint density at radius 3 is 2.41 bits per heavy atom. The molecule has 17 heavy (non-hydrogen) atoms. The lowest BCUT2D eigenvalue weighted by Gasteiger charge is -2.02. The van der Waals surface area contributed by atoms with Crippen molar-refractivity contribution in [3.05, 3.63) is 54.1 Å². The van der Waals surface area contributed by atoms with Crippen LogP contribution in [0.25, 0.3) is 11.1 Å². The van der Waals surface area contributed by atoms with Gasteiger partial charge in [0.05, 0.1) is 12.3 Å². The summed E-state index contributed by atoms with van der Waals surface area (Å²) in [7, 11) is 0. The lowest BCUT2D eigenvalue weighted by molar-refractivity contribution is 0.277. The predicted molar refractivity (Wildman–Crippen MR) is 65.4 cm³/mol. The molecule has 2 rings (SSSR count). The fraction of sp³-hybridized carbons (Fsp3) is 0.0714. The van der Waals surface area contributed by atoms with Crippen molar-refractivity contribution in [2.45, 2.75) is 6.61 Å². The molecule has 1 aromatic carbocycles. The molecule has 1 heterocycles. The first-order valence-electron chi connectivity index (χ1n) is 4.94. The number of aromatic nitrogens is 1. The molecule has 0 amide bonds. The summed E-state index contributed by atoms with van der Waals surface area (Å²) < 4.78 is 12.9. The highest BCUT2D eigenvalue weighted by atomic mass is 19.1. The van der Waals surface area contributed by atoms with Crippen LogP contribution in [-0.2, 0) is 6.61 Å². The molecular weight excluding hydrogens is 217 g/mol. The van der Waals surface area contributed by atoms with Gasteiger partial charge in [0.25, 0.3) is 0 Å². The highest BCUT2D eigenvalue weighted by molar-refractivity contribution is 5.62. The molecule has 0 fully saturated rings. The van der Waals surface area contributed by atoms with Gasteiger partial charge < -0.3 is 5.11 Å². The molecule has 1 N–H and O–H groups in total. The zero-order valence-electron chi connectivity index (χ0n) is 9.18. The van der Waals surface area contributed by atoms with Gasteiger partial charge in [0.1, 0.15) is 5.82 Å². The summed E-state index contributed by atoms with van der Waals surface area (Å²) in [5, 5.41) is 8.82. The normalized spacial score (nSPS) is 9.18. The van der Waals surface area contributed by atoms with E-state index < -0.39 is 0 Å². The second-order valence-electron chi connectivity index (χ2n) is 3.21. The molecule has 3 heteroatoms. The number of aliphatic hydroxyl groups is 1. The fourth-order valence-corrected chi connectivity index (χ4v) is 1.36. The van der Waals surface area contributed by atoms with E-state index in [-0.39, 0.29) is 12.4 Å². The van der Waals surface area contributed by atoms with Crippen LogP contribution < -0.4 is 0 Å². The van der Waals surface area contributed by atoms with Crippen molar-refractivity contribution < 1.29 is 9.50 Å². The summed E-state index contributed by atoms with van der Waals surface area (Å²) in [6.07, 6.45) is 9.63. The summed E-state index contributed by atoms with van der Waals surface area (Å²) in [6.45, 7) is -0.0799. The van der Waals surface area contributed by atoms with Gasteiger partial charge in [-0.25, -0.2) is 4.39 Å². The van der Waals surface area contributed by atoms with Gasteiger partial charge >= 0.3 is 0 Å². The van der Waals surface area contributed by atoms with Crippen molar-refractivity contribution in [2.75, 3.05) is 0 Å². The van der Waals surface area contributed by atoms with Crippen molar-refractivity contribution in [2.24, 2.45) is 0 Å². The average Bonchev–Trinajstić information content (AvgIpc) is 2.41. The van der Waals surface area contributed by atoms with E-state index in [1.54, 1.807) is 18.3 Å². The molecule has 2 nitrogen and oxygen atoms in total. The molecule has 0 radical (unpaired) electrons. The zero-order chi connectivity index (χ0) is 12.7. The highest BCUT2D eigenvalue weighted by Crippen LogP contribution is 2.19. The van der Waals surface area contributed by atoms with E-state index in [0.29, 0.717) is 5.69 Å². The first-order chi connectivity index (χ1) is 8.29. The predicted octanol–water partition coefficient (Wildman–Crippen LogP) is 2.63. The van der Waals surface area contributed by atoms with Crippen LogP contribution in [0.2, 0.25) is 0 Å². The number of aliphatic hydroxyl groups excluding tert-OH is 1. The second-order valence-corrected chi connectivity index (χ2v) is 3.21. The van der Waals surface area contributed by atoms with Crippen molar-refractivity contribution in [1.82, 2.24) is 4.98 Å². The molecular formula is C14H12FNO. The summed E-state index contributed by atoms with van der Waals surface area (Å²) >= 11 is 0. The van der Waals surface area contributed by atoms with Crippen molar-refractivity contribution in [3.8, 4) is 24.0 Å². The van der Waals surface area contributed by atoms with Crippen LogP contribution in [0, 0.1) is 18.7 Å². The van der Waals surface area contributed by atoms with E-state index in [1.807, 2.05) is 12.1 Å². The van der Waals surface area contributed by atoms with E-state index in [4.69, 9.17) is 5.11 Å². The minimum Gasteiger partial charge on any atom is -0.390 e. The fourth-order valence-electron chi connectivity index (χ4n) is 1.36. The maximum Gasteiger partial charge on any atom is 0.123 e. The molecule has 0 spiro atoms. The smallest absolute Gasteiger partial charge is 0.123 e. The number of rotatable bonds is 2. The number of halogens is 1. The molecule has 0 aliphatic heterocycles. The van der Waals surface area contributed by atoms with Crippen LogP contribution in [0.5, 0.6) is 0 Å². The van der Waals surface area contributed by atoms with Crippen LogP contribution in [0.3, 0.4) is 0 Å². The monoisotopic (exact) mass is 229 g/mol. The van der Waals surface area contributed by atoms with E-state index in [0.717, 1.165) is 11.1 Å². The number of hydrogen-bond donors (Lipinski definition) is 1. The van der Waals surface area contributed by atoms with Gasteiger partial charge in [-0.1, -0.05) is 18.2 Å². The Bertz CT molecular complexity index is 491. The van der Waals surface area contributed by atoms with E-state index in [9.17, 15) is 4.39 Å². The Morgan fingerprint density at radius 2 is 1.88 bits per heavy atom. The number of benzene rings is 1. The summed E-state index contributed by atoms with van der Waals surface area (Å²) in [5.41, 5.74) is 2.23. The molecule has 0 bridgehead atoms. The molecule has 1 aromatic heterocycles. The largest absolute Gasteiger partial charge is 0.390 e. The topological polar surface area (TPSA) is 33.1 Å². The first kappa shape index (κ1) is 12.9. The average molecular weight is 229 g/mol. The summed E-state index contributed by atoms with van der Waals surface area (Å²) in [5.74, 6) is -0.265. The van der Waals surface area contributed by atoms with Crippen LogP contribution in [0.4, 0.5) is 4.39 Å². The molecule has 0 saturated carbocycles. The maximum absolute atomic E-state index is 12.9. The quantitative estimate of drug-likeness (QED) is 0.803. The Kier molecular flexibility index (Phi) is 4.86.